The lowest BCUT2D eigenvalue weighted by Crippen LogP contribution is -2.69. The molecular formula is C21H32F3N3O3. The summed E-state index contributed by atoms with van der Waals surface area (Å²) in [5.74, 6) is -1.88. The summed E-state index contributed by atoms with van der Waals surface area (Å²) in [5.41, 5.74) is -3.38. The minimum atomic E-state index is -5.14. The van der Waals surface area contributed by atoms with Crippen molar-refractivity contribution >= 4 is 17.8 Å². The number of halogens is 3. The van der Waals surface area contributed by atoms with Gasteiger partial charge in [0.05, 0.1) is 0 Å². The smallest absolute Gasteiger partial charge is 0.318 e. The van der Waals surface area contributed by atoms with Crippen molar-refractivity contribution in [2.24, 2.45) is 17.8 Å². The highest BCUT2D eigenvalue weighted by molar-refractivity contribution is 6.09. The first kappa shape index (κ1) is 22.9. The Balaban J connectivity index is 1.75. The monoisotopic (exact) mass is 431 g/mol. The SMILES string of the molecule is C[C@@H]1[C@H](C)CCC[C@H]1N1C(=O)N[C@@](NC(=O)CCC2CCCCC2)(C(F)(F)F)C1=O. The molecule has 2 aliphatic carbocycles. The Bertz CT molecular complexity index is 678. The second-order valence-corrected chi connectivity index (χ2v) is 9.28. The number of imide groups is 1. The van der Waals surface area contributed by atoms with Crippen LogP contribution in [0.15, 0.2) is 0 Å². The van der Waals surface area contributed by atoms with Crippen LogP contribution in [0.5, 0.6) is 0 Å². The van der Waals surface area contributed by atoms with Gasteiger partial charge in [-0.05, 0) is 30.6 Å². The number of hydrogen-bond donors (Lipinski definition) is 2. The first-order chi connectivity index (χ1) is 14.1. The Hall–Kier alpha value is -1.80. The van der Waals surface area contributed by atoms with E-state index in [1.165, 1.54) is 0 Å². The van der Waals surface area contributed by atoms with Crippen LogP contribution in [-0.4, -0.2) is 40.6 Å². The van der Waals surface area contributed by atoms with Gasteiger partial charge in [0.2, 0.25) is 5.91 Å². The molecule has 0 unspecified atom stereocenters. The van der Waals surface area contributed by atoms with E-state index in [9.17, 15) is 27.6 Å². The Morgan fingerprint density at radius 1 is 1.10 bits per heavy atom. The van der Waals surface area contributed by atoms with Crippen LogP contribution in [0.25, 0.3) is 0 Å². The molecule has 4 atom stereocenters. The van der Waals surface area contributed by atoms with Gasteiger partial charge in [0, 0.05) is 12.5 Å². The van der Waals surface area contributed by atoms with Crippen molar-refractivity contribution in [1.29, 1.82) is 0 Å². The van der Waals surface area contributed by atoms with E-state index in [2.05, 4.69) is 0 Å². The van der Waals surface area contributed by atoms with Gasteiger partial charge >= 0.3 is 12.2 Å². The quantitative estimate of drug-likeness (QED) is 0.644. The number of nitrogens with zero attached hydrogens (tertiary/aromatic N) is 1. The molecule has 2 saturated carbocycles. The molecule has 1 saturated heterocycles. The fraction of sp³-hybridized carbons (Fsp3) is 0.857. The van der Waals surface area contributed by atoms with Crippen LogP contribution < -0.4 is 10.6 Å². The summed E-state index contributed by atoms with van der Waals surface area (Å²) in [4.78, 5) is 38.6. The lowest BCUT2D eigenvalue weighted by molar-refractivity contribution is -0.205. The summed E-state index contributed by atoms with van der Waals surface area (Å²) in [6, 6.07) is -1.69. The highest BCUT2D eigenvalue weighted by Gasteiger charge is 2.69. The molecule has 0 radical (unpaired) electrons. The lowest BCUT2D eigenvalue weighted by atomic mass is 9.77. The average molecular weight is 431 g/mol. The molecule has 1 heterocycles. The number of amides is 4. The Morgan fingerprint density at radius 3 is 2.40 bits per heavy atom. The second kappa shape index (κ2) is 8.75. The number of carbonyl (C=O) groups is 3. The van der Waals surface area contributed by atoms with E-state index in [1.54, 1.807) is 5.32 Å². The van der Waals surface area contributed by atoms with Gasteiger partial charge in [-0.15, -0.1) is 0 Å². The highest BCUT2D eigenvalue weighted by Crippen LogP contribution is 2.39. The second-order valence-electron chi connectivity index (χ2n) is 9.28. The third kappa shape index (κ3) is 4.30. The Kier molecular flexibility index (Phi) is 6.67. The molecule has 0 aromatic carbocycles. The number of carbonyl (C=O) groups excluding carboxylic acids is 3. The van der Waals surface area contributed by atoms with Gasteiger partial charge in [-0.25, -0.2) is 4.79 Å². The molecule has 0 aromatic heterocycles. The summed E-state index contributed by atoms with van der Waals surface area (Å²) in [5, 5.41) is 3.65. The standard InChI is InChI=1S/C21H32F3N3O3/c1-13-7-6-10-16(14(13)2)27-18(29)20(21(22,23)24,26-19(27)30)25-17(28)12-11-15-8-4-3-5-9-15/h13-16H,3-12H2,1-2H3,(H,25,28)(H,26,30)/t13-,14-,16-,20-/m1/s1. The molecule has 30 heavy (non-hydrogen) atoms. The van der Waals surface area contributed by atoms with Gasteiger partial charge in [-0.3, -0.25) is 19.8 Å². The van der Waals surface area contributed by atoms with E-state index in [4.69, 9.17) is 0 Å². The predicted octanol–water partition coefficient (Wildman–Crippen LogP) is 4.10. The number of hydrogen-bond acceptors (Lipinski definition) is 3. The van der Waals surface area contributed by atoms with Gasteiger partial charge in [-0.1, -0.05) is 58.8 Å². The van der Waals surface area contributed by atoms with E-state index in [1.807, 2.05) is 19.2 Å². The molecule has 0 spiro atoms. The van der Waals surface area contributed by atoms with Crippen molar-refractivity contribution in [3.05, 3.63) is 0 Å². The van der Waals surface area contributed by atoms with Gasteiger partial charge in [0.15, 0.2) is 0 Å². The predicted molar refractivity (Wildman–Crippen MR) is 104 cm³/mol. The molecule has 2 N–H and O–H groups in total. The van der Waals surface area contributed by atoms with Crippen molar-refractivity contribution < 1.29 is 27.6 Å². The minimum Gasteiger partial charge on any atom is -0.318 e. The van der Waals surface area contributed by atoms with Crippen LogP contribution in [0.1, 0.15) is 78.1 Å². The van der Waals surface area contributed by atoms with E-state index in [0.717, 1.165) is 44.9 Å². The molecule has 0 aromatic rings. The maximum absolute atomic E-state index is 14.0. The zero-order chi connectivity index (χ0) is 22.1. The molecule has 3 aliphatic rings. The number of rotatable bonds is 5. The number of urea groups is 1. The van der Waals surface area contributed by atoms with Crippen molar-refractivity contribution in [2.75, 3.05) is 0 Å². The van der Waals surface area contributed by atoms with E-state index >= 15 is 0 Å². The summed E-state index contributed by atoms with van der Waals surface area (Å²) in [7, 11) is 0. The minimum absolute atomic E-state index is 0.0947. The van der Waals surface area contributed by atoms with Crippen LogP contribution >= 0.6 is 0 Å². The van der Waals surface area contributed by atoms with Crippen molar-refractivity contribution in [1.82, 2.24) is 15.5 Å². The fourth-order valence-electron chi connectivity index (χ4n) is 5.20. The first-order valence-electron chi connectivity index (χ1n) is 11.1. The molecule has 1 aliphatic heterocycles. The summed E-state index contributed by atoms with van der Waals surface area (Å²) >= 11 is 0. The maximum Gasteiger partial charge on any atom is 0.440 e. The average Bonchev–Trinajstić information content (AvgIpc) is 2.94. The molecule has 4 amide bonds. The van der Waals surface area contributed by atoms with Gasteiger partial charge in [0.25, 0.3) is 11.6 Å². The molecular weight excluding hydrogens is 399 g/mol. The summed E-state index contributed by atoms with van der Waals surface area (Å²) in [6.07, 6.45) is 2.59. The maximum atomic E-state index is 14.0. The van der Waals surface area contributed by atoms with E-state index in [-0.39, 0.29) is 18.3 Å². The summed E-state index contributed by atoms with van der Waals surface area (Å²) < 4.78 is 42.1. The zero-order valence-corrected chi connectivity index (χ0v) is 17.7. The van der Waals surface area contributed by atoms with Crippen molar-refractivity contribution in [2.45, 2.75) is 95.9 Å². The molecule has 9 heteroatoms. The van der Waals surface area contributed by atoms with Crippen LogP contribution in [0.3, 0.4) is 0 Å². The van der Waals surface area contributed by atoms with E-state index in [0.29, 0.717) is 23.7 Å². The van der Waals surface area contributed by atoms with Crippen molar-refractivity contribution in [3.63, 3.8) is 0 Å². The van der Waals surface area contributed by atoms with Crippen LogP contribution in [0, 0.1) is 17.8 Å². The Morgan fingerprint density at radius 2 is 1.77 bits per heavy atom. The third-order valence-corrected chi connectivity index (χ3v) is 7.30. The van der Waals surface area contributed by atoms with Crippen LogP contribution in [0.4, 0.5) is 18.0 Å². The topological polar surface area (TPSA) is 78.5 Å². The molecule has 3 fully saturated rings. The Labute approximate surface area is 175 Å². The first-order valence-corrected chi connectivity index (χ1v) is 11.1. The highest BCUT2D eigenvalue weighted by atomic mass is 19.4. The van der Waals surface area contributed by atoms with Crippen LogP contribution in [-0.2, 0) is 9.59 Å². The number of nitrogens with one attached hydrogen (secondary N) is 2. The normalized spacial score (nSPS) is 33.5. The largest absolute Gasteiger partial charge is 0.440 e. The van der Waals surface area contributed by atoms with E-state index < -0.39 is 35.7 Å². The summed E-state index contributed by atoms with van der Waals surface area (Å²) in [6.45, 7) is 3.82. The van der Waals surface area contributed by atoms with Crippen LogP contribution in [0.2, 0.25) is 0 Å². The number of alkyl halides is 3. The molecule has 6 nitrogen and oxygen atoms in total. The molecule has 3 rings (SSSR count). The lowest BCUT2D eigenvalue weighted by Gasteiger charge is -2.38. The zero-order valence-electron chi connectivity index (χ0n) is 17.7. The van der Waals surface area contributed by atoms with Crippen molar-refractivity contribution in [3.8, 4) is 0 Å². The van der Waals surface area contributed by atoms with Gasteiger partial charge in [-0.2, -0.15) is 13.2 Å². The molecule has 0 bridgehead atoms. The third-order valence-electron chi connectivity index (χ3n) is 7.30. The van der Waals surface area contributed by atoms with Gasteiger partial charge < -0.3 is 5.32 Å². The van der Waals surface area contributed by atoms with Gasteiger partial charge in [0.1, 0.15) is 0 Å². The molecule has 170 valence electrons. The fourth-order valence-corrected chi connectivity index (χ4v) is 5.20.